The maximum atomic E-state index is 6.02. The molecule has 0 saturated carbocycles. The van der Waals surface area contributed by atoms with Crippen molar-refractivity contribution in [1.29, 1.82) is 0 Å². The van der Waals surface area contributed by atoms with Gasteiger partial charge in [-0.2, -0.15) is 5.10 Å². The number of nitrogens with two attached hydrogens (primary N) is 1. The summed E-state index contributed by atoms with van der Waals surface area (Å²) in [6.07, 6.45) is 0.988. The molecule has 1 aromatic carbocycles. The minimum Gasteiger partial charge on any atom is -0.494 e. The van der Waals surface area contributed by atoms with Crippen LogP contribution in [0.25, 0.3) is 21.7 Å². The highest BCUT2D eigenvalue weighted by molar-refractivity contribution is 7.13. The SMILES string of the molecule is CCCOc1cccc(-c2[nH]nc(N)c2-c2cccs2)c1. The summed E-state index contributed by atoms with van der Waals surface area (Å²) in [5.41, 5.74) is 8.93. The highest BCUT2D eigenvalue weighted by Crippen LogP contribution is 2.37. The van der Waals surface area contributed by atoms with E-state index in [1.807, 2.05) is 41.8 Å². The Bertz CT molecular complexity index is 719. The summed E-state index contributed by atoms with van der Waals surface area (Å²) in [6.45, 7) is 2.81. The lowest BCUT2D eigenvalue weighted by atomic mass is 10.1. The van der Waals surface area contributed by atoms with Crippen molar-refractivity contribution in [1.82, 2.24) is 10.2 Å². The van der Waals surface area contributed by atoms with Crippen LogP contribution in [-0.2, 0) is 0 Å². The van der Waals surface area contributed by atoms with E-state index < -0.39 is 0 Å². The molecule has 3 rings (SSSR count). The lowest BCUT2D eigenvalue weighted by molar-refractivity contribution is 0.317. The molecule has 3 N–H and O–H groups in total. The topological polar surface area (TPSA) is 63.9 Å². The quantitative estimate of drug-likeness (QED) is 0.743. The van der Waals surface area contributed by atoms with Gasteiger partial charge >= 0.3 is 0 Å². The highest BCUT2D eigenvalue weighted by atomic mass is 32.1. The summed E-state index contributed by atoms with van der Waals surface area (Å²) in [4.78, 5) is 1.11. The summed E-state index contributed by atoms with van der Waals surface area (Å²) < 4.78 is 5.69. The number of aromatic amines is 1. The molecule has 5 heteroatoms. The molecule has 0 aliphatic heterocycles. The normalized spacial score (nSPS) is 10.7. The molecular formula is C16H17N3OS. The van der Waals surface area contributed by atoms with Crippen LogP contribution in [0.3, 0.4) is 0 Å². The molecule has 0 fully saturated rings. The molecule has 0 aliphatic rings. The molecule has 0 saturated heterocycles. The molecule has 0 spiro atoms. The molecule has 0 amide bonds. The number of hydrogen-bond donors (Lipinski definition) is 2. The number of hydrogen-bond acceptors (Lipinski definition) is 4. The van der Waals surface area contributed by atoms with Gasteiger partial charge in [-0.1, -0.05) is 25.1 Å². The first-order valence-electron chi connectivity index (χ1n) is 6.90. The van der Waals surface area contributed by atoms with Gasteiger partial charge in [-0.05, 0) is 30.0 Å². The first kappa shape index (κ1) is 13.7. The van der Waals surface area contributed by atoms with Crippen LogP contribution < -0.4 is 10.5 Å². The van der Waals surface area contributed by atoms with E-state index in [-0.39, 0.29) is 0 Å². The largest absolute Gasteiger partial charge is 0.494 e. The van der Waals surface area contributed by atoms with Gasteiger partial charge in [-0.15, -0.1) is 11.3 Å². The Morgan fingerprint density at radius 3 is 2.95 bits per heavy atom. The molecule has 21 heavy (non-hydrogen) atoms. The van der Waals surface area contributed by atoms with Crippen LogP contribution in [0.1, 0.15) is 13.3 Å². The minimum atomic E-state index is 0.521. The number of nitrogens with zero attached hydrogens (tertiary/aromatic N) is 1. The van der Waals surface area contributed by atoms with Crippen molar-refractivity contribution in [2.75, 3.05) is 12.3 Å². The van der Waals surface area contributed by atoms with Gasteiger partial charge in [0, 0.05) is 10.4 Å². The van der Waals surface area contributed by atoms with Crippen molar-refractivity contribution >= 4 is 17.2 Å². The third-order valence-electron chi connectivity index (χ3n) is 3.16. The monoisotopic (exact) mass is 299 g/mol. The van der Waals surface area contributed by atoms with E-state index in [9.17, 15) is 0 Å². The molecule has 2 aromatic heterocycles. The van der Waals surface area contributed by atoms with Crippen molar-refractivity contribution in [2.24, 2.45) is 0 Å². The molecule has 0 atom stereocenters. The van der Waals surface area contributed by atoms with E-state index in [0.29, 0.717) is 12.4 Å². The Balaban J connectivity index is 2.01. The number of nitrogens with one attached hydrogen (secondary N) is 1. The fourth-order valence-electron chi connectivity index (χ4n) is 2.20. The predicted molar refractivity (Wildman–Crippen MR) is 87.5 cm³/mol. The number of anilines is 1. The van der Waals surface area contributed by atoms with Crippen LogP contribution in [-0.4, -0.2) is 16.8 Å². The average Bonchev–Trinajstić information content (AvgIpc) is 3.14. The van der Waals surface area contributed by atoms with Gasteiger partial charge in [-0.25, -0.2) is 0 Å². The zero-order valence-electron chi connectivity index (χ0n) is 11.8. The third-order valence-corrected chi connectivity index (χ3v) is 4.04. The Labute approximate surface area is 127 Å². The van der Waals surface area contributed by atoms with Crippen molar-refractivity contribution in [3.63, 3.8) is 0 Å². The maximum absolute atomic E-state index is 6.02. The molecule has 0 aliphatic carbocycles. The first-order valence-corrected chi connectivity index (χ1v) is 7.78. The van der Waals surface area contributed by atoms with Crippen molar-refractivity contribution < 1.29 is 4.74 Å². The lowest BCUT2D eigenvalue weighted by Crippen LogP contribution is -1.95. The van der Waals surface area contributed by atoms with Gasteiger partial charge in [0.15, 0.2) is 5.82 Å². The molecule has 0 unspecified atom stereocenters. The van der Waals surface area contributed by atoms with Crippen LogP contribution in [0.5, 0.6) is 5.75 Å². The fourth-order valence-corrected chi connectivity index (χ4v) is 2.98. The van der Waals surface area contributed by atoms with Crippen molar-refractivity contribution in [3.05, 3.63) is 41.8 Å². The summed E-state index contributed by atoms with van der Waals surface area (Å²) >= 11 is 1.65. The number of benzene rings is 1. The van der Waals surface area contributed by atoms with Gasteiger partial charge < -0.3 is 10.5 Å². The van der Waals surface area contributed by atoms with Crippen LogP contribution in [0, 0.1) is 0 Å². The van der Waals surface area contributed by atoms with Gasteiger partial charge in [-0.3, -0.25) is 5.10 Å². The number of rotatable bonds is 5. The Hall–Kier alpha value is -2.27. The van der Waals surface area contributed by atoms with Gasteiger partial charge in [0.05, 0.1) is 17.9 Å². The number of H-pyrrole nitrogens is 1. The average molecular weight is 299 g/mol. The van der Waals surface area contributed by atoms with Crippen molar-refractivity contribution in [2.45, 2.75) is 13.3 Å². The van der Waals surface area contributed by atoms with E-state index in [4.69, 9.17) is 10.5 Å². The third kappa shape index (κ3) is 2.78. The molecule has 4 nitrogen and oxygen atoms in total. The standard InChI is InChI=1S/C16H17N3OS/c1-2-8-20-12-6-3-5-11(10-12)15-14(16(17)19-18-15)13-7-4-9-21-13/h3-7,9-10H,2,8H2,1H3,(H3,17,18,19). The fraction of sp³-hybridized carbons (Fsp3) is 0.188. The van der Waals surface area contributed by atoms with E-state index in [0.717, 1.165) is 33.9 Å². The number of aromatic nitrogens is 2. The number of ether oxygens (including phenoxy) is 1. The number of nitrogen functional groups attached to an aromatic ring is 1. The van der Waals surface area contributed by atoms with Crippen LogP contribution in [0.2, 0.25) is 0 Å². The molecule has 2 heterocycles. The maximum Gasteiger partial charge on any atom is 0.154 e. The van der Waals surface area contributed by atoms with Crippen molar-refractivity contribution in [3.8, 4) is 27.4 Å². The molecular weight excluding hydrogens is 282 g/mol. The summed E-state index contributed by atoms with van der Waals surface area (Å²) in [6, 6.07) is 12.0. The zero-order chi connectivity index (χ0) is 14.7. The molecule has 108 valence electrons. The van der Waals surface area contributed by atoms with E-state index >= 15 is 0 Å². The summed E-state index contributed by atoms with van der Waals surface area (Å²) in [5, 5.41) is 9.23. The zero-order valence-corrected chi connectivity index (χ0v) is 12.6. The van der Waals surface area contributed by atoms with E-state index in [1.165, 1.54) is 0 Å². The van der Waals surface area contributed by atoms with Gasteiger partial charge in [0.2, 0.25) is 0 Å². The van der Waals surface area contributed by atoms with Gasteiger partial charge in [0.25, 0.3) is 0 Å². The Morgan fingerprint density at radius 2 is 2.19 bits per heavy atom. The van der Waals surface area contributed by atoms with E-state index in [2.05, 4.69) is 17.1 Å². The second-order valence-electron chi connectivity index (χ2n) is 4.71. The van der Waals surface area contributed by atoms with Crippen LogP contribution >= 0.6 is 11.3 Å². The van der Waals surface area contributed by atoms with Gasteiger partial charge in [0.1, 0.15) is 5.75 Å². The second kappa shape index (κ2) is 6.01. The smallest absolute Gasteiger partial charge is 0.154 e. The minimum absolute atomic E-state index is 0.521. The first-order chi connectivity index (χ1) is 10.3. The summed E-state index contributed by atoms with van der Waals surface area (Å²) in [7, 11) is 0. The lowest BCUT2D eigenvalue weighted by Gasteiger charge is -2.07. The summed E-state index contributed by atoms with van der Waals surface area (Å²) in [5.74, 6) is 1.38. The Kier molecular flexibility index (Phi) is 3.92. The highest BCUT2D eigenvalue weighted by Gasteiger charge is 2.15. The second-order valence-corrected chi connectivity index (χ2v) is 5.66. The molecule has 0 bridgehead atoms. The Morgan fingerprint density at radius 1 is 1.29 bits per heavy atom. The van der Waals surface area contributed by atoms with Crippen LogP contribution in [0.4, 0.5) is 5.82 Å². The van der Waals surface area contributed by atoms with Crippen LogP contribution in [0.15, 0.2) is 41.8 Å². The molecule has 3 aromatic rings. The molecule has 0 radical (unpaired) electrons. The van der Waals surface area contributed by atoms with E-state index in [1.54, 1.807) is 11.3 Å². The number of thiophene rings is 1. The predicted octanol–water partition coefficient (Wildman–Crippen LogP) is 4.18.